The minimum absolute atomic E-state index is 0.108. The number of hydrogen-bond donors (Lipinski definition) is 2. The molecule has 0 saturated carbocycles. The Bertz CT molecular complexity index is 421. The van der Waals surface area contributed by atoms with Crippen LogP contribution in [0.15, 0.2) is 0 Å². The molecular weight excluding hydrogens is 296 g/mol. The Labute approximate surface area is 128 Å². The van der Waals surface area contributed by atoms with Gasteiger partial charge in [0.25, 0.3) is 0 Å². The van der Waals surface area contributed by atoms with Crippen molar-refractivity contribution >= 4 is 29.7 Å². The second-order valence-corrected chi connectivity index (χ2v) is 6.99. The van der Waals surface area contributed by atoms with Gasteiger partial charge in [0.05, 0.1) is 0 Å². The number of nitrogens with one attached hydrogen (secondary N) is 1. The Morgan fingerprint density at radius 3 is 2.48 bits per heavy atom. The number of ether oxygens (including phenoxy) is 1. The van der Waals surface area contributed by atoms with Gasteiger partial charge in [-0.15, -0.1) is 0 Å². The zero-order valence-corrected chi connectivity index (χ0v) is 13.5. The van der Waals surface area contributed by atoms with E-state index in [1.54, 1.807) is 20.8 Å². The number of carboxylic acid groups (broad SMARTS) is 1. The van der Waals surface area contributed by atoms with Crippen LogP contribution in [0.2, 0.25) is 0 Å². The van der Waals surface area contributed by atoms with Crippen LogP contribution in [0.3, 0.4) is 0 Å². The maximum Gasteiger partial charge on any atom is 0.408 e. The third-order valence-corrected chi connectivity index (χ3v) is 3.99. The number of amides is 2. The molecular formula is C13H22N2O5S. The fraction of sp³-hybridized carbons (Fsp3) is 0.769. The number of rotatable bonds is 4. The Morgan fingerprint density at radius 1 is 1.38 bits per heavy atom. The molecule has 0 aromatic rings. The van der Waals surface area contributed by atoms with Crippen molar-refractivity contribution in [1.29, 1.82) is 0 Å². The average molecular weight is 318 g/mol. The zero-order chi connectivity index (χ0) is 16.2. The van der Waals surface area contributed by atoms with E-state index in [9.17, 15) is 14.4 Å². The smallest absolute Gasteiger partial charge is 0.408 e. The van der Waals surface area contributed by atoms with Crippen molar-refractivity contribution in [1.82, 2.24) is 10.2 Å². The topological polar surface area (TPSA) is 95.9 Å². The molecule has 120 valence electrons. The molecule has 8 heteroatoms. The third kappa shape index (κ3) is 5.45. The average Bonchev–Trinajstić information content (AvgIpc) is 2.78. The number of carbonyl (C=O) groups excluding carboxylic acids is 2. The van der Waals surface area contributed by atoms with Gasteiger partial charge in [-0.05, 0) is 33.4 Å². The lowest BCUT2D eigenvalue weighted by atomic mass is 10.2. The summed E-state index contributed by atoms with van der Waals surface area (Å²) in [6, 6.07) is -0.824. The number of likely N-dealkylation sites (tertiary alicyclic amines) is 1. The Kier molecular flexibility index (Phi) is 5.88. The van der Waals surface area contributed by atoms with Gasteiger partial charge in [0.1, 0.15) is 18.2 Å². The predicted octanol–water partition coefficient (Wildman–Crippen LogP) is 0.928. The second kappa shape index (κ2) is 7.02. The Balaban J connectivity index is 2.54. The summed E-state index contributed by atoms with van der Waals surface area (Å²) in [7, 11) is 0. The summed E-state index contributed by atoms with van der Waals surface area (Å²) >= 11 is 1.54. The van der Waals surface area contributed by atoms with Crippen molar-refractivity contribution in [3.05, 3.63) is 0 Å². The maximum atomic E-state index is 12.1. The zero-order valence-electron chi connectivity index (χ0n) is 12.7. The summed E-state index contributed by atoms with van der Waals surface area (Å²) in [5, 5.41) is 11.6. The molecule has 2 atom stereocenters. The molecule has 21 heavy (non-hydrogen) atoms. The van der Waals surface area contributed by atoms with Gasteiger partial charge in [0.15, 0.2) is 0 Å². The van der Waals surface area contributed by atoms with E-state index in [2.05, 4.69) is 5.32 Å². The van der Waals surface area contributed by atoms with Crippen molar-refractivity contribution in [2.24, 2.45) is 0 Å². The molecule has 1 heterocycles. The number of aliphatic carboxylic acids is 1. The molecule has 1 aliphatic heterocycles. The van der Waals surface area contributed by atoms with Gasteiger partial charge in [-0.3, -0.25) is 4.79 Å². The summed E-state index contributed by atoms with van der Waals surface area (Å²) in [4.78, 5) is 36.1. The van der Waals surface area contributed by atoms with Crippen molar-refractivity contribution in [3.63, 3.8) is 0 Å². The van der Waals surface area contributed by atoms with Crippen LogP contribution in [0.25, 0.3) is 0 Å². The van der Waals surface area contributed by atoms with Crippen molar-refractivity contribution < 1.29 is 24.2 Å². The molecule has 0 bridgehead atoms. The van der Waals surface area contributed by atoms with Crippen LogP contribution >= 0.6 is 11.8 Å². The maximum absolute atomic E-state index is 12.1. The van der Waals surface area contributed by atoms with Gasteiger partial charge in [0, 0.05) is 11.8 Å². The van der Waals surface area contributed by atoms with E-state index >= 15 is 0 Å². The first kappa shape index (κ1) is 17.6. The summed E-state index contributed by atoms with van der Waals surface area (Å²) in [5.74, 6) is -1.43. The lowest BCUT2D eigenvalue weighted by Crippen LogP contribution is -2.46. The van der Waals surface area contributed by atoms with Gasteiger partial charge in [-0.1, -0.05) is 0 Å². The van der Waals surface area contributed by atoms with Crippen molar-refractivity contribution in [2.75, 3.05) is 19.3 Å². The minimum Gasteiger partial charge on any atom is -0.480 e. The first-order chi connectivity index (χ1) is 9.64. The van der Waals surface area contributed by atoms with E-state index in [-0.39, 0.29) is 11.8 Å². The van der Waals surface area contributed by atoms with E-state index < -0.39 is 29.6 Å². The first-order valence-corrected chi connectivity index (χ1v) is 7.94. The van der Waals surface area contributed by atoms with Crippen LogP contribution in [0.1, 0.15) is 27.2 Å². The highest BCUT2D eigenvalue weighted by Crippen LogP contribution is 2.26. The molecule has 1 saturated heterocycles. The summed E-state index contributed by atoms with van der Waals surface area (Å²) in [5.41, 5.74) is -0.645. The van der Waals surface area contributed by atoms with E-state index in [0.29, 0.717) is 13.0 Å². The van der Waals surface area contributed by atoms with Gasteiger partial charge in [-0.25, -0.2) is 9.59 Å². The number of alkyl carbamates (subject to hydrolysis) is 1. The van der Waals surface area contributed by atoms with Crippen LogP contribution in [0.4, 0.5) is 4.79 Å². The van der Waals surface area contributed by atoms with Gasteiger partial charge < -0.3 is 20.1 Å². The monoisotopic (exact) mass is 318 g/mol. The van der Waals surface area contributed by atoms with Crippen LogP contribution in [-0.2, 0) is 14.3 Å². The lowest BCUT2D eigenvalue weighted by Gasteiger charge is -2.23. The number of hydrogen-bond acceptors (Lipinski definition) is 5. The number of nitrogens with zero attached hydrogens (tertiary/aromatic N) is 1. The lowest BCUT2D eigenvalue weighted by molar-refractivity contribution is -0.147. The van der Waals surface area contributed by atoms with Crippen LogP contribution in [0.5, 0.6) is 0 Å². The highest BCUT2D eigenvalue weighted by molar-refractivity contribution is 7.99. The fourth-order valence-corrected chi connectivity index (χ4v) is 2.73. The Hall–Kier alpha value is -1.44. The number of thioether (sulfide) groups is 1. The molecule has 0 aliphatic carbocycles. The van der Waals surface area contributed by atoms with Gasteiger partial charge >= 0.3 is 12.1 Å². The molecule has 7 nitrogen and oxygen atoms in total. The van der Waals surface area contributed by atoms with Gasteiger partial charge in [-0.2, -0.15) is 11.8 Å². The van der Waals surface area contributed by atoms with Crippen molar-refractivity contribution in [3.8, 4) is 0 Å². The molecule has 1 rings (SSSR count). The number of carboxylic acids is 1. The summed E-state index contributed by atoms with van der Waals surface area (Å²) < 4.78 is 5.03. The Morgan fingerprint density at radius 2 is 2.00 bits per heavy atom. The van der Waals surface area contributed by atoms with E-state index in [1.165, 1.54) is 16.7 Å². The minimum atomic E-state index is -1.02. The second-order valence-electron chi connectivity index (χ2n) is 5.85. The SMILES string of the molecule is CSC1C[C@@H](C(=O)O)N(C(=O)CNC(=O)OC(C)(C)C)C1. The predicted molar refractivity (Wildman–Crippen MR) is 79.3 cm³/mol. The van der Waals surface area contributed by atoms with E-state index in [4.69, 9.17) is 9.84 Å². The standard InChI is InChI=1S/C13H22N2O5S/c1-13(2,3)20-12(19)14-6-10(16)15-7-8(21-4)5-9(15)11(17)18/h8-9H,5-7H2,1-4H3,(H,14,19)(H,17,18)/t8?,9-/m0/s1. The molecule has 0 aromatic heterocycles. The highest BCUT2D eigenvalue weighted by atomic mass is 32.2. The van der Waals surface area contributed by atoms with Gasteiger partial charge in [0.2, 0.25) is 5.91 Å². The van der Waals surface area contributed by atoms with Crippen LogP contribution in [0, 0.1) is 0 Å². The van der Waals surface area contributed by atoms with E-state index in [0.717, 1.165) is 0 Å². The van der Waals surface area contributed by atoms with Crippen molar-refractivity contribution in [2.45, 2.75) is 44.1 Å². The van der Waals surface area contributed by atoms with E-state index in [1.807, 2.05) is 6.26 Å². The molecule has 0 radical (unpaired) electrons. The molecule has 1 aliphatic rings. The molecule has 1 fully saturated rings. The highest BCUT2D eigenvalue weighted by Gasteiger charge is 2.39. The third-order valence-electron chi connectivity index (χ3n) is 2.98. The molecule has 0 spiro atoms. The first-order valence-electron chi connectivity index (χ1n) is 6.66. The quantitative estimate of drug-likeness (QED) is 0.800. The summed E-state index contributed by atoms with van der Waals surface area (Å²) in [6.45, 7) is 5.28. The number of carbonyl (C=O) groups is 3. The molecule has 2 N–H and O–H groups in total. The van der Waals surface area contributed by atoms with Crippen LogP contribution < -0.4 is 5.32 Å². The normalized spacial score (nSPS) is 22.0. The summed E-state index contributed by atoms with van der Waals surface area (Å²) in [6.07, 6.45) is 1.62. The molecule has 0 aromatic carbocycles. The molecule has 1 unspecified atom stereocenters. The fourth-order valence-electron chi connectivity index (χ4n) is 2.04. The largest absolute Gasteiger partial charge is 0.480 e. The van der Waals surface area contributed by atoms with Crippen LogP contribution in [-0.4, -0.2) is 64.2 Å². The molecule has 2 amide bonds.